The number of amides is 2. The number of carbonyl (C=O) groups is 2. The predicted molar refractivity (Wildman–Crippen MR) is 89.0 cm³/mol. The van der Waals surface area contributed by atoms with Crippen molar-refractivity contribution >= 4 is 11.8 Å². The topological polar surface area (TPSA) is 99.0 Å². The molecule has 0 saturated carbocycles. The lowest BCUT2D eigenvalue weighted by Gasteiger charge is -2.14. The van der Waals surface area contributed by atoms with E-state index in [0.29, 0.717) is 17.2 Å². The molecule has 25 heavy (non-hydrogen) atoms. The van der Waals surface area contributed by atoms with Crippen LogP contribution in [0.15, 0.2) is 34.9 Å². The summed E-state index contributed by atoms with van der Waals surface area (Å²) in [7, 11) is 4.55. The normalized spacial score (nSPS) is 10.0. The largest absolute Gasteiger partial charge is 0.493 e. The van der Waals surface area contributed by atoms with Crippen LogP contribution >= 0.6 is 0 Å². The maximum absolute atomic E-state index is 11.9. The van der Waals surface area contributed by atoms with Crippen LogP contribution < -0.4 is 24.8 Å². The van der Waals surface area contributed by atoms with Crippen LogP contribution in [0.25, 0.3) is 0 Å². The Balaban J connectivity index is 1.92. The van der Waals surface area contributed by atoms with Crippen LogP contribution in [0.5, 0.6) is 17.2 Å². The minimum Gasteiger partial charge on any atom is -0.493 e. The molecule has 0 fully saturated rings. The van der Waals surface area contributed by atoms with E-state index in [1.807, 2.05) is 0 Å². The Morgan fingerprint density at radius 2 is 1.72 bits per heavy atom. The molecule has 0 aliphatic rings. The fourth-order valence-corrected chi connectivity index (χ4v) is 2.16. The van der Waals surface area contributed by atoms with E-state index >= 15 is 0 Å². The van der Waals surface area contributed by atoms with Gasteiger partial charge in [0.25, 0.3) is 5.91 Å². The Morgan fingerprint density at radius 1 is 1.04 bits per heavy atom. The number of carbonyl (C=O) groups excluding carboxylic acids is 2. The molecule has 2 aromatic rings. The fraction of sp³-hybridized carbons (Fsp3) is 0.294. The van der Waals surface area contributed by atoms with Crippen molar-refractivity contribution in [1.29, 1.82) is 0 Å². The van der Waals surface area contributed by atoms with Crippen LogP contribution in [0.4, 0.5) is 0 Å². The first-order valence-corrected chi connectivity index (χ1v) is 7.46. The number of hydrogen-bond acceptors (Lipinski definition) is 6. The smallest absolute Gasteiger partial charge is 0.287 e. The standard InChI is InChI=1S/C17H20N2O6/c1-22-13-7-11(8-14(23-2)16(13)24-3)9-18-15(20)10-19-17(21)12-5-4-6-25-12/h4-8H,9-10H2,1-3H3,(H,18,20)(H,19,21). The van der Waals surface area contributed by atoms with Gasteiger partial charge in [-0.25, -0.2) is 0 Å². The third-order valence-corrected chi connectivity index (χ3v) is 3.37. The zero-order valence-electron chi connectivity index (χ0n) is 14.3. The molecule has 0 unspecified atom stereocenters. The second-order valence-electron chi connectivity index (χ2n) is 4.97. The maximum Gasteiger partial charge on any atom is 0.287 e. The first kappa shape index (κ1) is 18.2. The molecule has 0 bridgehead atoms. The van der Waals surface area contributed by atoms with Crippen molar-refractivity contribution in [1.82, 2.24) is 10.6 Å². The second kappa shape index (κ2) is 8.62. The van der Waals surface area contributed by atoms with Gasteiger partial charge in [-0.15, -0.1) is 0 Å². The Hall–Kier alpha value is -3.16. The van der Waals surface area contributed by atoms with Crippen LogP contribution in [0.3, 0.4) is 0 Å². The van der Waals surface area contributed by atoms with Gasteiger partial charge in [-0.05, 0) is 29.8 Å². The van der Waals surface area contributed by atoms with Crippen LogP contribution in [-0.4, -0.2) is 39.7 Å². The lowest BCUT2D eigenvalue weighted by atomic mass is 10.1. The van der Waals surface area contributed by atoms with Gasteiger partial charge in [0, 0.05) is 6.54 Å². The van der Waals surface area contributed by atoms with Gasteiger partial charge in [0.15, 0.2) is 17.3 Å². The lowest BCUT2D eigenvalue weighted by Crippen LogP contribution is -2.36. The molecule has 1 aromatic carbocycles. The Bertz CT molecular complexity index is 702. The zero-order chi connectivity index (χ0) is 18.2. The molecule has 1 aromatic heterocycles. The van der Waals surface area contributed by atoms with Gasteiger partial charge in [-0.1, -0.05) is 0 Å². The summed E-state index contributed by atoms with van der Waals surface area (Å²) < 4.78 is 20.7. The molecule has 0 spiro atoms. The van der Waals surface area contributed by atoms with Gasteiger partial charge in [0.05, 0.1) is 34.1 Å². The van der Waals surface area contributed by atoms with E-state index in [9.17, 15) is 9.59 Å². The van der Waals surface area contributed by atoms with Crippen molar-refractivity contribution in [2.24, 2.45) is 0 Å². The highest BCUT2D eigenvalue weighted by molar-refractivity contribution is 5.94. The summed E-state index contributed by atoms with van der Waals surface area (Å²) >= 11 is 0. The van der Waals surface area contributed by atoms with Crippen molar-refractivity contribution in [3.05, 3.63) is 41.9 Å². The highest BCUT2D eigenvalue weighted by Crippen LogP contribution is 2.38. The Morgan fingerprint density at radius 3 is 2.24 bits per heavy atom. The third-order valence-electron chi connectivity index (χ3n) is 3.37. The molecule has 1 heterocycles. The van der Waals surface area contributed by atoms with Crippen LogP contribution in [0, 0.1) is 0 Å². The molecule has 2 N–H and O–H groups in total. The van der Waals surface area contributed by atoms with E-state index < -0.39 is 5.91 Å². The van der Waals surface area contributed by atoms with Gasteiger partial charge in [-0.3, -0.25) is 9.59 Å². The molecule has 0 atom stereocenters. The summed E-state index contributed by atoms with van der Waals surface area (Å²) in [5.41, 5.74) is 0.764. The van der Waals surface area contributed by atoms with Crippen LogP contribution in [0.1, 0.15) is 16.1 Å². The monoisotopic (exact) mass is 348 g/mol. The van der Waals surface area contributed by atoms with Crippen molar-refractivity contribution in [2.45, 2.75) is 6.54 Å². The molecular weight excluding hydrogens is 328 g/mol. The van der Waals surface area contributed by atoms with E-state index in [1.165, 1.54) is 33.7 Å². The van der Waals surface area contributed by atoms with E-state index in [1.54, 1.807) is 18.2 Å². The number of hydrogen-bond donors (Lipinski definition) is 2. The van der Waals surface area contributed by atoms with Gasteiger partial charge in [-0.2, -0.15) is 0 Å². The summed E-state index contributed by atoms with van der Waals surface area (Å²) in [4.78, 5) is 23.6. The van der Waals surface area contributed by atoms with E-state index in [4.69, 9.17) is 18.6 Å². The van der Waals surface area contributed by atoms with E-state index in [0.717, 1.165) is 5.56 Å². The highest BCUT2D eigenvalue weighted by Gasteiger charge is 2.14. The van der Waals surface area contributed by atoms with Crippen LogP contribution in [0.2, 0.25) is 0 Å². The average Bonchev–Trinajstić information content (AvgIpc) is 3.18. The number of furan rings is 1. The van der Waals surface area contributed by atoms with E-state index in [2.05, 4.69) is 10.6 Å². The van der Waals surface area contributed by atoms with Gasteiger partial charge in [0.1, 0.15) is 0 Å². The average molecular weight is 348 g/mol. The van der Waals surface area contributed by atoms with Gasteiger partial charge >= 0.3 is 0 Å². The number of ether oxygens (including phenoxy) is 3. The number of methoxy groups -OCH3 is 3. The number of nitrogens with one attached hydrogen (secondary N) is 2. The minimum atomic E-state index is -0.451. The number of benzene rings is 1. The molecule has 0 aliphatic heterocycles. The number of rotatable bonds is 8. The first-order valence-electron chi connectivity index (χ1n) is 7.46. The molecule has 2 rings (SSSR count). The summed E-state index contributed by atoms with van der Waals surface area (Å²) in [5, 5.41) is 5.17. The van der Waals surface area contributed by atoms with Gasteiger partial charge < -0.3 is 29.3 Å². The predicted octanol–water partition coefficient (Wildman–Crippen LogP) is 1.35. The Kier molecular flexibility index (Phi) is 6.27. The Labute approximate surface area is 145 Å². The molecule has 0 saturated heterocycles. The summed E-state index contributed by atoms with van der Waals surface area (Å²) in [6, 6.07) is 6.59. The zero-order valence-corrected chi connectivity index (χ0v) is 14.3. The minimum absolute atomic E-state index is 0.150. The van der Waals surface area contributed by atoms with E-state index in [-0.39, 0.29) is 24.8 Å². The van der Waals surface area contributed by atoms with Gasteiger partial charge in [0.2, 0.25) is 11.7 Å². The lowest BCUT2D eigenvalue weighted by molar-refractivity contribution is -0.120. The summed E-state index contributed by atoms with van der Waals surface area (Å²) in [6.07, 6.45) is 1.39. The highest BCUT2D eigenvalue weighted by atomic mass is 16.5. The quantitative estimate of drug-likeness (QED) is 0.747. The fourth-order valence-electron chi connectivity index (χ4n) is 2.16. The van der Waals surface area contributed by atoms with Crippen LogP contribution in [-0.2, 0) is 11.3 Å². The molecule has 0 radical (unpaired) electrons. The molecule has 8 heteroatoms. The van der Waals surface area contributed by atoms with Crippen molar-refractivity contribution in [3.8, 4) is 17.2 Å². The second-order valence-corrected chi connectivity index (χ2v) is 4.97. The molecular formula is C17H20N2O6. The summed E-state index contributed by atoms with van der Waals surface area (Å²) in [5.74, 6) is 0.833. The first-order chi connectivity index (χ1) is 12.1. The maximum atomic E-state index is 11.9. The van der Waals surface area contributed by atoms with Crippen molar-refractivity contribution < 1.29 is 28.2 Å². The summed E-state index contributed by atoms with van der Waals surface area (Å²) in [6.45, 7) is 0.0795. The molecule has 8 nitrogen and oxygen atoms in total. The molecule has 2 amide bonds. The van der Waals surface area contributed by atoms with Crippen molar-refractivity contribution in [3.63, 3.8) is 0 Å². The third kappa shape index (κ3) is 4.66. The molecule has 0 aliphatic carbocycles. The molecule has 134 valence electrons. The van der Waals surface area contributed by atoms with Crippen molar-refractivity contribution in [2.75, 3.05) is 27.9 Å². The SMILES string of the molecule is COc1cc(CNC(=O)CNC(=O)c2ccco2)cc(OC)c1OC.